The summed E-state index contributed by atoms with van der Waals surface area (Å²) in [6.45, 7) is 0.548. The predicted octanol–water partition coefficient (Wildman–Crippen LogP) is 3.60. The van der Waals surface area contributed by atoms with Crippen LogP contribution in [-0.2, 0) is 4.79 Å². The minimum absolute atomic E-state index is 0.00697. The van der Waals surface area contributed by atoms with E-state index < -0.39 is 23.5 Å². The van der Waals surface area contributed by atoms with E-state index in [9.17, 15) is 23.5 Å². The first-order valence-corrected chi connectivity index (χ1v) is 11.0. The third-order valence-electron chi connectivity index (χ3n) is 5.80. The molecule has 1 unspecified atom stereocenters. The number of nitrogens with zero attached hydrogens (tertiary/aromatic N) is 1. The minimum atomic E-state index is -1.12. The number of H-pyrrole nitrogens is 2. The van der Waals surface area contributed by atoms with Crippen molar-refractivity contribution in [1.29, 1.82) is 0 Å². The molecule has 2 aliphatic heterocycles. The number of carbonyl (C=O) groups excluding carboxylic acids is 1. The van der Waals surface area contributed by atoms with E-state index in [4.69, 9.17) is 4.42 Å². The van der Waals surface area contributed by atoms with Crippen molar-refractivity contribution >= 4 is 40.2 Å². The van der Waals surface area contributed by atoms with Gasteiger partial charge in [-0.1, -0.05) is 0 Å². The third kappa shape index (κ3) is 3.22. The highest BCUT2D eigenvalue weighted by Crippen LogP contribution is 2.45. The number of furan rings is 1. The lowest BCUT2D eigenvalue weighted by molar-refractivity contribution is -0.115. The van der Waals surface area contributed by atoms with Crippen molar-refractivity contribution in [1.82, 2.24) is 20.3 Å². The van der Waals surface area contributed by atoms with Gasteiger partial charge in [-0.25, -0.2) is 18.6 Å². The van der Waals surface area contributed by atoms with Crippen LogP contribution in [0.15, 0.2) is 56.4 Å². The minimum Gasteiger partial charge on any atom is -0.477 e. The standard InChI is InChI=1S/C22H15F2N5O4S/c23-9-3-11-12(4-10(9)24)29-22(28-11)34-16-2-1-15(33-16)17-8-5-26-20(21(31)32)19(8)27-13-6-25-7-14(30)18(13)17/h1-5,17,25-27H,6-7H2,(H,28,29)(H,31,32). The summed E-state index contributed by atoms with van der Waals surface area (Å²) < 4.78 is 33.1. The van der Waals surface area contributed by atoms with Gasteiger partial charge in [-0.2, -0.15) is 0 Å². The van der Waals surface area contributed by atoms with Crippen LogP contribution in [0.4, 0.5) is 14.5 Å². The molecule has 0 fully saturated rings. The monoisotopic (exact) mass is 483 g/mol. The van der Waals surface area contributed by atoms with Gasteiger partial charge < -0.3 is 30.1 Å². The van der Waals surface area contributed by atoms with Crippen LogP contribution in [0.1, 0.15) is 27.7 Å². The number of imidazole rings is 1. The lowest BCUT2D eigenvalue weighted by Crippen LogP contribution is -2.39. The number of ketones is 1. The summed E-state index contributed by atoms with van der Waals surface area (Å²) in [5.74, 6) is -3.34. The molecule has 0 spiro atoms. The number of nitrogens with one attached hydrogen (secondary N) is 4. The molecule has 3 aromatic heterocycles. The van der Waals surface area contributed by atoms with Gasteiger partial charge in [0.1, 0.15) is 11.5 Å². The normalized spacial score (nSPS) is 17.6. The molecule has 5 heterocycles. The van der Waals surface area contributed by atoms with E-state index >= 15 is 0 Å². The van der Waals surface area contributed by atoms with Crippen molar-refractivity contribution < 1.29 is 27.9 Å². The summed E-state index contributed by atoms with van der Waals surface area (Å²) in [4.78, 5) is 34.4. The fourth-order valence-electron chi connectivity index (χ4n) is 4.35. The van der Waals surface area contributed by atoms with Crippen LogP contribution >= 0.6 is 11.8 Å². The van der Waals surface area contributed by atoms with Crippen molar-refractivity contribution in [3.63, 3.8) is 0 Å². The van der Waals surface area contributed by atoms with Gasteiger partial charge in [0.2, 0.25) is 0 Å². The maximum atomic E-state index is 13.5. The number of carboxylic acid groups (broad SMARTS) is 1. The second kappa shape index (κ2) is 7.57. The van der Waals surface area contributed by atoms with Crippen molar-refractivity contribution in [2.24, 2.45) is 0 Å². The first kappa shape index (κ1) is 20.7. The Morgan fingerprint density at radius 3 is 2.85 bits per heavy atom. The van der Waals surface area contributed by atoms with Crippen molar-refractivity contribution in [2.75, 3.05) is 18.4 Å². The fraction of sp³-hybridized carbons (Fsp3) is 0.136. The first-order chi connectivity index (χ1) is 16.4. The molecule has 6 rings (SSSR count). The number of fused-ring (bicyclic) bond motifs is 2. The van der Waals surface area contributed by atoms with E-state index in [-0.39, 0.29) is 23.5 Å². The molecule has 172 valence electrons. The zero-order chi connectivity index (χ0) is 23.6. The quantitative estimate of drug-likeness (QED) is 0.297. The maximum absolute atomic E-state index is 13.5. The van der Waals surface area contributed by atoms with E-state index in [0.29, 0.717) is 50.6 Å². The van der Waals surface area contributed by atoms with Crippen LogP contribution in [0.3, 0.4) is 0 Å². The number of anilines is 1. The average Bonchev–Trinajstić information content (AvgIpc) is 3.51. The number of hydrogen-bond acceptors (Lipinski definition) is 7. The summed E-state index contributed by atoms with van der Waals surface area (Å²) in [6, 6.07) is 5.47. The van der Waals surface area contributed by atoms with Crippen LogP contribution < -0.4 is 10.6 Å². The van der Waals surface area contributed by atoms with Crippen LogP contribution in [0.5, 0.6) is 0 Å². The molecule has 9 nitrogen and oxygen atoms in total. The highest BCUT2D eigenvalue weighted by Gasteiger charge is 2.39. The molecular weight excluding hydrogens is 468 g/mol. The zero-order valence-corrected chi connectivity index (χ0v) is 18.0. The van der Waals surface area contributed by atoms with Gasteiger partial charge >= 0.3 is 5.97 Å². The second-order valence-electron chi connectivity index (χ2n) is 7.86. The van der Waals surface area contributed by atoms with Crippen molar-refractivity contribution in [2.45, 2.75) is 16.2 Å². The molecule has 0 radical (unpaired) electrons. The molecule has 0 saturated carbocycles. The number of carbonyl (C=O) groups is 2. The number of Topliss-reactive ketones (excluding diaryl/α,β-unsaturated/α-hetero) is 1. The summed E-state index contributed by atoms with van der Waals surface area (Å²) in [5.41, 5.74) is 2.71. The first-order valence-electron chi connectivity index (χ1n) is 10.2. The molecule has 34 heavy (non-hydrogen) atoms. The number of halogens is 2. The Bertz CT molecular complexity index is 1500. The van der Waals surface area contributed by atoms with Crippen molar-refractivity contribution in [3.8, 4) is 0 Å². The molecule has 0 aliphatic carbocycles. The smallest absolute Gasteiger partial charge is 0.354 e. The number of rotatable bonds is 4. The maximum Gasteiger partial charge on any atom is 0.354 e. The van der Waals surface area contributed by atoms with Gasteiger partial charge in [-0.15, -0.1) is 0 Å². The number of aromatic nitrogens is 3. The number of carboxylic acids is 1. The zero-order valence-electron chi connectivity index (χ0n) is 17.2. The summed E-state index contributed by atoms with van der Waals surface area (Å²) in [5, 5.41) is 16.5. The Balaban J connectivity index is 1.38. The topological polar surface area (TPSA) is 136 Å². The summed E-state index contributed by atoms with van der Waals surface area (Å²) >= 11 is 1.12. The summed E-state index contributed by atoms with van der Waals surface area (Å²) in [6.07, 6.45) is 1.56. The van der Waals surface area contributed by atoms with E-state index in [2.05, 4.69) is 25.6 Å². The van der Waals surface area contributed by atoms with Gasteiger partial charge in [-0.05, 0) is 23.9 Å². The number of aromatic carboxylic acids is 1. The number of aromatic amines is 2. The third-order valence-corrected chi connectivity index (χ3v) is 6.61. The molecule has 0 amide bonds. The van der Waals surface area contributed by atoms with Gasteiger partial charge in [0.05, 0.1) is 29.2 Å². The Morgan fingerprint density at radius 1 is 1.21 bits per heavy atom. The van der Waals surface area contributed by atoms with Crippen LogP contribution in [-0.4, -0.2) is 44.9 Å². The highest BCUT2D eigenvalue weighted by molar-refractivity contribution is 7.99. The van der Waals surface area contributed by atoms with Gasteiger partial charge in [0, 0.05) is 41.7 Å². The lowest BCUT2D eigenvalue weighted by atomic mass is 9.82. The molecule has 2 aliphatic rings. The predicted molar refractivity (Wildman–Crippen MR) is 117 cm³/mol. The van der Waals surface area contributed by atoms with E-state index in [0.717, 1.165) is 23.9 Å². The summed E-state index contributed by atoms with van der Waals surface area (Å²) in [7, 11) is 0. The Hall–Kier alpha value is -3.90. The van der Waals surface area contributed by atoms with E-state index in [1.54, 1.807) is 18.3 Å². The largest absolute Gasteiger partial charge is 0.477 e. The molecule has 1 atom stereocenters. The van der Waals surface area contributed by atoms with Crippen LogP contribution in [0.2, 0.25) is 0 Å². The Labute approximate surface area is 193 Å². The van der Waals surface area contributed by atoms with Gasteiger partial charge in [0.15, 0.2) is 27.7 Å². The van der Waals surface area contributed by atoms with Crippen LogP contribution in [0.25, 0.3) is 11.0 Å². The molecule has 1 aromatic carbocycles. The molecular formula is C22H15F2N5O4S. The molecule has 0 bridgehead atoms. The lowest BCUT2D eigenvalue weighted by Gasteiger charge is -2.31. The van der Waals surface area contributed by atoms with E-state index in [1.165, 1.54) is 0 Å². The SMILES string of the molecule is O=C1CNCC2=C1C(c1ccc(Sc3nc4cc(F)c(F)cc4[nH]3)o1)c1c[nH]c(C(=O)O)c1N2. The molecule has 0 saturated heterocycles. The average molecular weight is 483 g/mol. The molecule has 4 aromatic rings. The second-order valence-corrected chi connectivity index (χ2v) is 8.85. The number of hydrogen-bond donors (Lipinski definition) is 5. The fourth-order valence-corrected chi connectivity index (χ4v) is 5.12. The van der Waals surface area contributed by atoms with E-state index in [1.807, 2.05) is 0 Å². The van der Waals surface area contributed by atoms with Gasteiger partial charge in [-0.3, -0.25) is 4.79 Å². The highest BCUT2D eigenvalue weighted by atomic mass is 32.2. The van der Waals surface area contributed by atoms with Crippen LogP contribution in [0, 0.1) is 11.6 Å². The van der Waals surface area contributed by atoms with Crippen molar-refractivity contribution in [3.05, 3.63) is 70.4 Å². The Kier molecular flexibility index (Phi) is 4.61. The molecule has 5 N–H and O–H groups in total. The van der Waals surface area contributed by atoms with Gasteiger partial charge in [0.25, 0.3) is 0 Å². The number of benzene rings is 1. The Morgan fingerprint density at radius 2 is 2.03 bits per heavy atom. The molecule has 12 heteroatoms.